The molecule has 0 aromatic rings. The molecular weight excluding hydrogens is 445 g/mol. The molecular formula is H15DyN3O15+3. The maximum Gasteiger partial charge on any atom is 3.00 e. The molecule has 0 saturated heterocycles. The average Bonchev–Trinajstić information content (AvgIpc) is 1.54. The van der Waals surface area contributed by atoms with Crippen molar-refractivity contribution in [2.24, 2.45) is 0 Å². The summed E-state index contributed by atoms with van der Waals surface area (Å²) in [5, 5.41) is 40.9. The Morgan fingerprint density at radius 2 is 0.526 bits per heavy atom. The van der Waals surface area contributed by atoms with Gasteiger partial charge in [-0.05, 0) is 0 Å². The molecule has 0 aliphatic heterocycles. The molecule has 0 spiro atoms. The summed E-state index contributed by atoms with van der Waals surface area (Å²) in [6.07, 6.45) is 0. The predicted molar refractivity (Wildman–Crippen MR) is 48.0 cm³/mol. The van der Waals surface area contributed by atoms with E-state index in [1.165, 1.54) is 0 Å². The first kappa shape index (κ1) is 83.7. The van der Waals surface area contributed by atoms with Gasteiger partial charge in [-0.2, -0.15) is 0 Å². The number of nitrogens with zero attached hydrogens (tertiary/aromatic N) is 3. The first-order valence-corrected chi connectivity index (χ1v) is 1.70. The minimum absolute atomic E-state index is 0. The molecule has 0 fully saturated rings. The molecule has 19 heavy (non-hydrogen) atoms. The van der Waals surface area contributed by atoms with Gasteiger partial charge >= 0.3 is 38.2 Å². The Morgan fingerprint density at radius 1 is 0.526 bits per heavy atom. The van der Waals surface area contributed by atoms with Gasteiger partial charge in [-0.3, -0.25) is 0 Å². The Bertz CT molecular complexity index is 115. The molecule has 19 heteroatoms. The van der Waals surface area contributed by atoms with Crippen molar-refractivity contribution >= 4 is 0 Å². The first-order valence-electron chi connectivity index (χ1n) is 1.70. The van der Waals surface area contributed by atoms with Crippen LogP contribution in [0.1, 0.15) is 0 Å². The summed E-state index contributed by atoms with van der Waals surface area (Å²) in [4.78, 5) is 25.1. The quantitative estimate of drug-likeness (QED) is 0.228. The zero-order valence-corrected chi connectivity index (χ0v) is 10.5. The molecule has 0 bridgehead atoms. The molecule has 0 aromatic heterocycles. The molecule has 18 nitrogen and oxygen atoms in total. The van der Waals surface area contributed by atoms with Crippen molar-refractivity contribution in [1.82, 2.24) is 0 Å². The van der Waals surface area contributed by atoms with Crippen LogP contribution < -0.4 is 0 Å². The van der Waals surface area contributed by atoms with Gasteiger partial charge in [0.15, 0.2) is 0 Å². The molecule has 0 amide bonds. The van der Waals surface area contributed by atoms with Crippen LogP contribution in [0.2, 0.25) is 0 Å². The van der Waals surface area contributed by atoms with E-state index in [0.717, 1.165) is 0 Å². The number of hydrogen-bond acceptors (Lipinski definition) is 6. The van der Waals surface area contributed by atoms with Crippen LogP contribution in [-0.2, 0) is 0 Å². The summed E-state index contributed by atoms with van der Waals surface area (Å²) < 4.78 is 0. The van der Waals surface area contributed by atoms with E-state index < -0.39 is 15.3 Å². The first-order chi connectivity index (χ1) is 5.20. The molecule has 0 aliphatic rings. The van der Waals surface area contributed by atoms with Crippen LogP contribution in [0.5, 0.6) is 0 Å². The number of rotatable bonds is 0. The Hall–Kier alpha value is -1.37. The van der Waals surface area contributed by atoms with Gasteiger partial charge in [0.1, 0.15) is 0 Å². The van der Waals surface area contributed by atoms with Crippen LogP contribution >= 0.6 is 0 Å². The maximum atomic E-state index is 8.36. The van der Waals surface area contributed by atoms with Crippen LogP contribution in [0.4, 0.5) is 0 Å². The van der Waals surface area contributed by atoms with Gasteiger partial charge in [0.05, 0.1) is 0 Å². The fourth-order valence-corrected chi connectivity index (χ4v) is 0. The van der Waals surface area contributed by atoms with Crippen LogP contribution in [0.25, 0.3) is 0 Å². The van der Waals surface area contributed by atoms with E-state index >= 15 is 0 Å². The van der Waals surface area contributed by atoms with Crippen molar-refractivity contribution in [3.63, 3.8) is 0 Å². The van der Waals surface area contributed by atoms with Crippen molar-refractivity contribution < 1.29 is 102 Å². The zero-order chi connectivity index (χ0) is 10.7. The Kier molecular flexibility index (Phi) is 307. The minimum Gasteiger partial charge on any atom is -0.412 e. The summed E-state index contributed by atoms with van der Waals surface area (Å²) in [6.45, 7) is 0. The largest absolute Gasteiger partial charge is 3.00 e. The second-order valence-corrected chi connectivity index (χ2v) is 0.714. The molecule has 127 valence electrons. The summed E-state index contributed by atoms with van der Waals surface area (Å²) in [5.74, 6) is 0. The molecule has 0 unspecified atom stereocenters. The van der Waals surface area contributed by atoms with Gasteiger partial charge < -0.3 is 48.5 Å². The van der Waals surface area contributed by atoms with E-state index in [9.17, 15) is 0 Å². The predicted octanol–water partition coefficient (Wildman–Crippen LogP) is -5.99. The molecule has 15 N–H and O–H groups in total. The van der Waals surface area contributed by atoms with Crippen LogP contribution in [0.15, 0.2) is 0 Å². The molecule has 0 atom stereocenters. The molecule has 0 saturated carbocycles. The monoisotopic (exact) mass is 461 g/mol. The molecule has 0 aliphatic carbocycles. The van der Waals surface area contributed by atoms with E-state index in [1.54, 1.807) is 0 Å². The standard InChI is InChI=1S/Dy.3HNO3.6H2O/c;3*2-1(3)4;;;;;;/h;3*(H,2,3,4);6*1H2/q+3;;;;;;;;;. The summed E-state index contributed by atoms with van der Waals surface area (Å²) in [5.41, 5.74) is 0. The van der Waals surface area contributed by atoms with Crippen molar-refractivity contribution in [3.05, 3.63) is 30.3 Å². The molecule has 0 rings (SSSR count). The third kappa shape index (κ3) is 1910. The molecule has 0 heterocycles. The SMILES string of the molecule is O.O.O.O.O.O.O=[N+]([O-])O.O=[N+]([O-])O.O=[N+]([O-])O.[Dy+3]. The Labute approximate surface area is 132 Å². The fourth-order valence-electron chi connectivity index (χ4n) is 0. The van der Waals surface area contributed by atoms with Crippen molar-refractivity contribution in [3.8, 4) is 0 Å². The Morgan fingerprint density at radius 3 is 0.526 bits per heavy atom. The summed E-state index contributed by atoms with van der Waals surface area (Å²) >= 11 is 0. The van der Waals surface area contributed by atoms with Crippen molar-refractivity contribution in [2.45, 2.75) is 0 Å². The topological polar surface area (TPSA) is 379 Å². The van der Waals surface area contributed by atoms with Crippen LogP contribution in [0.3, 0.4) is 0 Å². The normalized spacial score (nSPS) is 3.79. The zero-order valence-electron chi connectivity index (χ0n) is 8.45. The second-order valence-electron chi connectivity index (χ2n) is 0.714. The van der Waals surface area contributed by atoms with Crippen LogP contribution in [0, 0.1) is 68.5 Å². The van der Waals surface area contributed by atoms with E-state index in [0.29, 0.717) is 0 Å². The summed E-state index contributed by atoms with van der Waals surface area (Å²) in [6, 6.07) is 0. The molecule has 0 aromatic carbocycles. The average molecular weight is 460 g/mol. The summed E-state index contributed by atoms with van der Waals surface area (Å²) in [7, 11) is 0. The molecule has 1 radical (unpaired) electrons. The third-order valence-electron chi connectivity index (χ3n) is 0. The van der Waals surface area contributed by atoms with Gasteiger partial charge in [0.2, 0.25) is 0 Å². The maximum absolute atomic E-state index is 8.36. The number of hydrogen-bond donors (Lipinski definition) is 3. The van der Waals surface area contributed by atoms with Crippen LogP contribution in [-0.4, -0.2) is 63.7 Å². The van der Waals surface area contributed by atoms with E-state index in [-0.39, 0.29) is 71.0 Å². The van der Waals surface area contributed by atoms with E-state index in [1.807, 2.05) is 0 Å². The smallest absolute Gasteiger partial charge is 0.412 e. The Balaban J connectivity index is -0.00000000675. The van der Waals surface area contributed by atoms with E-state index in [4.69, 9.17) is 46.0 Å². The fraction of sp³-hybridized carbons (Fsp3) is 0. The van der Waals surface area contributed by atoms with Gasteiger partial charge in [0, 0.05) is 0 Å². The van der Waals surface area contributed by atoms with Crippen molar-refractivity contribution in [2.75, 3.05) is 0 Å². The second kappa shape index (κ2) is 69.8. The third-order valence-corrected chi connectivity index (χ3v) is 0. The van der Waals surface area contributed by atoms with Gasteiger partial charge in [0.25, 0.3) is 15.3 Å². The van der Waals surface area contributed by atoms with Gasteiger partial charge in [-0.25, -0.2) is 0 Å². The van der Waals surface area contributed by atoms with Crippen molar-refractivity contribution in [1.29, 1.82) is 0 Å². The van der Waals surface area contributed by atoms with E-state index in [2.05, 4.69) is 0 Å². The van der Waals surface area contributed by atoms with Gasteiger partial charge in [-0.1, -0.05) is 0 Å². The van der Waals surface area contributed by atoms with Gasteiger partial charge in [-0.15, -0.1) is 30.3 Å². The minimum atomic E-state index is -1.50.